The van der Waals surface area contributed by atoms with Gasteiger partial charge in [0.15, 0.2) is 0 Å². The maximum Gasteiger partial charge on any atom is 0.416 e. The summed E-state index contributed by atoms with van der Waals surface area (Å²) in [7, 11) is 1.78. The number of carbonyl (C=O) groups is 2. The lowest BCUT2D eigenvalue weighted by Crippen LogP contribution is -2.47. The van der Waals surface area contributed by atoms with Gasteiger partial charge in [0.1, 0.15) is 0 Å². The molecule has 2 heterocycles. The van der Waals surface area contributed by atoms with Crippen LogP contribution in [0.25, 0.3) is 0 Å². The zero-order valence-electron chi connectivity index (χ0n) is 16.9. The minimum Gasteiger partial charge on any atom is -0.347 e. The predicted octanol–water partition coefficient (Wildman–Crippen LogP) is 4.16. The summed E-state index contributed by atoms with van der Waals surface area (Å²) in [5, 5.41) is 8.63. The number of alkyl halides is 3. The van der Waals surface area contributed by atoms with Crippen molar-refractivity contribution in [1.29, 1.82) is 0 Å². The van der Waals surface area contributed by atoms with Gasteiger partial charge in [-0.15, -0.1) is 0 Å². The van der Waals surface area contributed by atoms with Gasteiger partial charge in [-0.25, -0.2) is 4.98 Å². The summed E-state index contributed by atoms with van der Waals surface area (Å²) < 4.78 is 40.7. The molecule has 3 aromatic rings. The first-order valence-corrected chi connectivity index (χ1v) is 10.2. The van der Waals surface area contributed by atoms with Crippen molar-refractivity contribution in [2.75, 3.05) is 10.6 Å². The Bertz CT molecular complexity index is 1210. The van der Waals surface area contributed by atoms with E-state index in [4.69, 9.17) is 0 Å². The number of imidazole rings is 1. The fourth-order valence-electron chi connectivity index (χ4n) is 3.45. The van der Waals surface area contributed by atoms with Gasteiger partial charge in [0.25, 0.3) is 5.91 Å². The molecule has 0 saturated heterocycles. The van der Waals surface area contributed by atoms with E-state index in [0.717, 1.165) is 12.1 Å². The van der Waals surface area contributed by atoms with Crippen LogP contribution in [0.1, 0.15) is 28.5 Å². The van der Waals surface area contributed by atoms with Crippen molar-refractivity contribution in [2.45, 2.75) is 23.0 Å². The average Bonchev–Trinajstić information content (AvgIpc) is 3.30. The molecule has 11 heteroatoms. The Hall–Kier alpha value is -3.47. The molecule has 166 valence electrons. The highest BCUT2D eigenvalue weighted by Crippen LogP contribution is 2.50. The first-order chi connectivity index (χ1) is 15.1. The monoisotopic (exact) mass is 461 g/mol. The number of benzene rings is 2. The molecule has 0 bridgehead atoms. The van der Waals surface area contributed by atoms with E-state index in [2.05, 4.69) is 20.9 Å². The number of halogens is 3. The average molecular weight is 461 g/mol. The zero-order chi connectivity index (χ0) is 23.1. The minimum absolute atomic E-state index is 0.0211. The van der Waals surface area contributed by atoms with Crippen LogP contribution in [0.5, 0.6) is 0 Å². The number of aromatic nitrogens is 2. The van der Waals surface area contributed by atoms with E-state index in [-0.39, 0.29) is 17.2 Å². The van der Waals surface area contributed by atoms with Gasteiger partial charge in [0.05, 0.1) is 35.0 Å². The Morgan fingerprint density at radius 3 is 2.59 bits per heavy atom. The van der Waals surface area contributed by atoms with Crippen molar-refractivity contribution in [3.05, 3.63) is 71.8 Å². The minimum atomic E-state index is -4.52. The third-order valence-electron chi connectivity index (χ3n) is 4.81. The van der Waals surface area contributed by atoms with Gasteiger partial charge >= 0.3 is 6.18 Å². The molecule has 0 radical (unpaired) electrons. The fraction of sp³-hybridized carbons (Fsp3) is 0.190. The number of hydrogen-bond donors (Lipinski definition) is 3. The first-order valence-electron chi connectivity index (χ1n) is 9.43. The molecule has 1 aliphatic rings. The number of anilines is 2. The predicted molar refractivity (Wildman–Crippen MR) is 114 cm³/mol. The molecule has 2 aromatic carbocycles. The zero-order valence-corrected chi connectivity index (χ0v) is 17.8. The van der Waals surface area contributed by atoms with E-state index in [9.17, 15) is 22.8 Å². The highest BCUT2D eigenvalue weighted by atomic mass is 32.2. The van der Waals surface area contributed by atoms with Crippen molar-refractivity contribution in [1.82, 2.24) is 14.9 Å². The standard InChI is InChI=1S/C21H18F3N5O2S/c1-12(30)27-21(17-10-25-11-29(17)2)28-18-15(7-4-8-16(18)32-21)19(31)26-14-6-3-5-13(9-14)20(22,23)24/h3-11,28H,1-2H3,(H,26,31)(H,27,30). The molecule has 0 aliphatic carbocycles. The van der Waals surface area contributed by atoms with E-state index in [1.54, 1.807) is 42.3 Å². The summed E-state index contributed by atoms with van der Waals surface area (Å²) in [5.74, 6) is -0.883. The molecule has 4 rings (SSSR count). The van der Waals surface area contributed by atoms with Gasteiger partial charge in [0.2, 0.25) is 10.9 Å². The van der Waals surface area contributed by atoms with Gasteiger partial charge in [-0.2, -0.15) is 13.2 Å². The van der Waals surface area contributed by atoms with E-state index < -0.39 is 22.6 Å². The van der Waals surface area contributed by atoms with Crippen LogP contribution in [-0.2, 0) is 23.0 Å². The number of nitrogens with one attached hydrogen (secondary N) is 3. The molecular formula is C21H18F3N5O2S. The van der Waals surface area contributed by atoms with Crippen LogP contribution in [0.2, 0.25) is 0 Å². The molecule has 1 unspecified atom stereocenters. The highest BCUT2D eigenvalue weighted by Gasteiger charge is 2.44. The summed E-state index contributed by atoms with van der Waals surface area (Å²) in [6, 6.07) is 9.43. The quantitative estimate of drug-likeness (QED) is 0.543. The maximum atomic E-state index is 13.0. The summed E-state index contributed by atoms with van der Waals surface area (Å²) in [5.41, 5.74) is 0.493. The van der Waals surface area contributed by atoms with Crippen LogP contribution in [0.15, 0.2) is 59.9 Å². The summed E-state index contributed by atoms with van der Waals surface area (Å²) in [6.45, 7) is 1.38. The highest BCUT2D eigenvalue weighted by molar-refractivity contribution is 8.00. The molecule has 1 atom stereocenters. The Labute approximate surface area is 185 Å². The lowest BCUT2D eigenvalue weighted by atomic mass is 10.1. The number of hydrogen-bond acceptors (Lipinski definition) is 5. The van der Waals surface area contributed by atoms with Gasteiger partial charge in [0, 0.05) is 24.6 Å². The number of rotatable bonds is 4. The number of aryl methyl sites for hydroxylation is 1. The first kappa shape index (κ1) is 21.8. The summed E-state index contributed by atoms with van der Waals surface area (Å²) >= 11 is 1.29. The lowest BCUT2D eigenvalue weighted by Gasteiger charge is -2.30. The Morgan fingerprint density at radius 1 is 1.19 bits per heavy atom. The molecule has 0 saturated carbocycles. The van der Waals surface area contributed by atoms with Crippen molar-refractivity contribution in [2.24, 2.45) is 7.05 Å². The number of amides is 2. The molecule has 1 aliphatic heterocycles. The third-order valence-corrected chi connectivity index (χ3v) is 6.09. The normalized spacial score (nSPS) is 17.4. The number of carbonyl (C=O) groups excluding carboxylic acids is 2. The van der Waals surface area contributed by atoms with Crippen LogP contribution in [0.4, 0.5) is 24.5 Å². The lowest BCUT2D eigenvalue weighted by molar-refractivity contribution is -0.137. The van der Waals surface area contributed by atoms with Gasteiger partial charge < -0.3 is 20.5 Å². The molecule has 3 N–H and O–H groups in total. The second kappa shape index (κ2) is 7.90. The largest absolute Gasteiger partial charge is 0.416 e. The third kappa shape index (κ3) is 4.03. The van der Waals surface area contributed by atoms with Crippen LogP contribution >= 0.6 is 11.8 Å². The van der Waals surface area contributed by atoms with Gasteiger partial charge in [-0.3, -0.25) is 9.59 Å². The van der Waals surface area contributed by atoms with E-state index in [1.807, 2.05) is 0 Å². The van der Waals surface area contributed by atoms with Crippen LogP contribution in [-0.4, -0.2) is 21.4 Å². The second-order valence-electron chi connectivity index (χ2n) is 7.19. The Morgan fingerprint density at radius 2 is 1.94 bits per heavy atom. The van der Waals surface area contributed by atoms with Crippen molar-refractivity contribution < 1.29 is 22.8 Å². The molecule has 0 fully saturated rings. The van der Waals surface area contributed by atoms with Crippen molar-refractivity contribution in [3.63, 3.8) is 0 Å². The summed E-state index contributed by atoms with van der Waals surface area (Å²) in [4.78, 5) is 28.6. The van der Waals surface area contributed by atoms with Gasteiger partial charge in [-0.1, -0.05) is 23.9 Å². The molecular weight excluding hydrogens is 443 g/mol. The number of fused-ring (bicyclic) bond motifs is 1. The topological polar surface area (TPSA) is 88.1 Å². The maximum absolute atomic E-state index is 13.0. The van der Waals surface area contributed by atoms with Crippen LogP contribution < -0.4 is 16.0 Å². The SMILES string of the molecule is CC(=O)NC1(c2cncn2C)Nc2c(cccc2C(=O)Nc2cccc(C(F)(F)F)c2)S1. The van der Waals surface area contributed by atoms with E-state index in [1.165, 1.54) is 30.8 Å². The van der Waals surface area contributed by atoms with Crippen molar-refractivity contribution in [3.8, 4) is 0 Å². The molecule has 2 amide bonds. The molecule has 7 nitrogen and oxygen atoms in total. The van der Waals surface area contributed by atoms with E-state index in [0.29, 0.717) is 16.3 Å². The second-order valence-corrected chi connectivity index (χ2v) is 8.45. The van der Waals surface area contributed by atoms with Crippen LogP contribution in [0.3, 0.4) is 0 Å². The van der Waals surface area contributed by atoms with Crippen molar-refractivity contribution >= 4 is 35.0 Å². The fourth-order valence-corrected chi connectivity index (χ4v) is 4.84. The molecule has 32 heavy (non-hydrogen) atoms. The van der Waals surface area contributed by atoms with Crippen LogP contribution in [0, 0.1) is 0 Å². The Kier molecular flexibility index (Phi) is 5.37. The Balaban J connectivity index is 1.67. The number of thioether (sulfide) groups is 1. The summed E-state index contributed by atoms with van der Waals surface area (Å²) in [6.07, 6.45) is -1.33. The van der Waals surface area contributed by atoms with Gasteiger partial charge in [-0.05, 0) is 30.3 Å². The number of nitrogens with zero attached hydrogens (tertiary/aromatic N) is 2. The van der Waals surface area contributed by atoms with E-state index >= 15 is 0 Å². The molecule has 1 aromatic heterocycles. The smallest absolute Gasteiger partial charge is 0.347 e. The number of para-hydroxylation sites is 1. The molecule has 0 spiro atoms.